The number of benzene rings is 2. The van der Waals surface area contributed by atoms with Gasteiger partial charge in [0, 0.05) is 0 Å². The van der Waals surface area contributed by atoms with Gasteiger partial charge in [-0.2, -0.15) is 13.2 Å². The van der Waals surface area contributed by atoms with Crippen molar-refractivity contribution in [2.75, 3.05) is 29.5 Å². The maximum Gasteiger partial charge on any atom is 0.417 e. The van der Waals surface area contributed by atoms with E-state index in [1.807, 2.05) is 0 Å². The molecule has 1 atom stereocenters. The van der Waals surface area contributed by atoms with Gasteiger partial charge in [0.25, 0.3) is 0 Å². The van der Waals surface area contributed by atoms with Crippen molar-refractivity contribution in [2.45, 2.75) is 12.7 Å². The van der Waals surface area contributed by atoms with Crippen LogP contribution in [0.5, 0.6) is 0 Å². The number of aliphatic carboxylic acids is 1. The largest absolute Gasteiger partial charge is 0.481 e. The van der Waals surface area contributed by atoms with Crippen molar-refractivity contribution in [2.24, 2.45) is 5.92 Å². The number of rotatable bonds is 5. The number of hydrogen-bond donors (Lipinski definition) is 1. The zero-order valence-corrected chi connectivity index (χ0v) is 18.8. The van der Waals surface area contributed by atoms with Crippen molar-refractivity contribution in [1.29, 1.82) is 0 Å². The summed E-state index contributed by atoms with van der Waals surface area (Å²) in [4.78, 5) is 51.7. The van der Waals surface area contributed by atoms with Gasteiger partial charge in [0.15, 0.2) is 5.92 Å². The van der Waals surface area contributed by atoms with E-state index in [0.717, 1.165) is 29.2 Å². The molecule has 2 fully saturated rings. The summed E-state index contributed by atoms with van der Waals surface area (Å²) in [7, 11) is 0. The van der Waals surface area contributed by atoms with E-state index >= 15 is 4.39 Å². The average molecular weight is 530 g/mol. The minimum atomic E-state index is -4.81. The third-order valence-electron chi connectivity index (χ3n) is 5.70. The predicted molar refractivity (Wildman–Crippen MR) is 116 cm³/mol. The van der Waals surface area contributed by atoms with Gasteiger partial charge in [-0.25, -0.2) is 14.0 Å². The lowest BCUT2D eigenvalue weighted by Crippen LogP contribution is -2.58. The molecule has 0 spiro atoms. The standard InChI is InChI=1S/C22H16ClF4N3O6/c23-17-11(2-1-3-14(17)22(25,26)27)9-30-18(31)13(19(32)33)10-29(20(30)34)16-5-4-12(8-15(16)24)28-6-7-36-21(28)35/h1-5,8,13H,6-7,9-10H2,(H,32,33). The first-order chi connectivity index (χ1) is 16.9. The molecule has 190 valence electrons. The topological polar surface area (TPSA) is 107 Å². The van der Waals surface area contributed by atoms with Crippen LogP contribution in [0.15, 0.2) is 36.4 Å². The number of hydrogen-bond acceptors (Lipinski definition) is 5. The van der Waals surface area contributed by atoms with Gasteiger partial charge in [-0.1, -0.05) is 23.7 Å². The number of ether oxygens (including phenoxy) is 1. The molecule has 4 amide bonds. The Hall–Kier alpha value is -3.87. The normalized spacial score (nSPS) is 18.6. The maximum atomic E-state index is 15.0. The number of carboxylic acid groups (broad SMARTS) is 1. The van der Waals surface area contributed by atoms with Gasteiger partial charge < -0.3 is 9.84 Å². The van der Waals surface area contributed by atoms with Crippen LogP contribution in [0.3, 0.4) is 0 Å². The van der Waals surface area contributed by atoms with E-state index in [1.165, 1.54) is 6.07 Å². The molecule has 1 N–H and O–H groups in total. The fraction of sp³-hybridized carbons (Fsp3) is 0.273. The summed E-state index contributed by atoms with van der Waals surface area (Å²) in [5, 5.41) is 8.76. The molecule has 2 heterocycles. The number of nitrogens with zero attached hydrogens (tertiary/aromatic N) is 3. The minimum absolute atomic E-state index is 0.0995. The Labute approximate surface area is 205 Å². The predicted octanol–water partition coefficient (Wildman–Crippen LogP) is 4.12. The number of alkyl halides is 3. The van der Waals surface area contributed by atoms with E-state index in [9.17, 15) is 37.5 Å². The summed E-state index contributed by atoms with van der Waals surface area (Å²) in [6.45, 7) is -1.23. The maximum absolute atomic E-state index is 15.0. The second-order valence-corrected chi connectivity index (χ2v) is 8.26. The number of carbonyl (C=O) groups excluding carboxylic acids is 3. The number of carboxylic acids is 1. The summed E-state index contributed by atoms with van der Waals surface area (Å²) in [5.41, 5.74) is -1.73. The fourth-order valence-corrected chi connectivity index (χ4v) is 4.19. The summed E-state index contributed by atoms with van der Waals surface area (Å²) in [6.07, 6.45) is -5.51. The summed E-state index contributed by atoms with van der Waals surface area (Å²) in [5.74, 6) is -5.63. The third-order valence-corrected chi connectivity index (χ3v) is 6.14. The van der Waals surface area contributed by atoms with Gasteiger partial charge in [0.2, 0.25) is 5.91 Å². The Balaban J connectivity index is 1.69. The first kappa shape index (κ1) is 25.2. The Morgan fingerprint density at radius 3 is 2.44 bits per heavy atom. The van der Waals surface area contributed by atoms with Crippen molar-refractivity contribution < 1.29 is 46.6 Å². The van der Waals surface area contributed by atoms with Gasteiger partial charge >= 0.3 is 24.3 Å². The van der Waals surface area contributed by atoms with Crippen LogP contribution < -0.4 is 9.80 Å². The molecular formula is C22H16ClF4N3O6. The van der Waals surface area contributed by atoms with Gasteiger partial charge in [-0.05, 0) is 29.8 Å². The molecule has 0 saturated carbocycles. The Bertz CT molecular complexity index is 1270. The van der Waals surface area contributed by atoms with E-state index in [4.69, 9.17) is 16.3 Å². The monoisotopic (exact) mass is 529 g/mol. The number of imide groups is 1. The van der Waals surface area contributed by atoms with Crippen molar-refractivity contribution in [3.05, 3.63) is 58.4 Å². The lowest BCUT2D eigenvalue weighted by Gasteiger charge is -2.37. The van der Waals surface area contributed by atoms with Gasteiger partial charge in [-0.15, -0.1) is 0 Å². The summed E-state index contributed by atoms with van der Waals surface area (Å²) < 4.78 is 59.5. The average Bonchev–Trinajstić information content (AvgIpc) is 3.23. The molecule has 2 aromatic rings. The zero-order chi connectivity index (χ0) is 26.4. The molecule has 0 radical (unpaired) electrons. The second-order valence-electron chi connectivity index (χ2n) is 7.89. The van der Waals surface area contributed by atoms with E-state index in [1.54, 1.807) is 0 Å². The SMILES string of the molecule is O=C(O)C1CN(c2ccc(N3CCOC3=O)cc2F)C(=O)N(Cc2cccc(C(F)(F)F)c2Cl)C1=O. The van der Waals surface area contributed by atoms with Gasteiger partial charge in [-0.3, -0.25) is 24.3 Å². The third kappa shape index (κ3) is 4.53. The summed E-state index contributed by atoms with van der Waals surface area (Å²) in [6, 6.07) is 5.10. The Morgan fingerprint density at radius 2 is 1.86 bits per heavy atom. The molecule has 9 nitrogen and oxygen atoms in total. The molecule has 2 aliphatic heterocycles. The van der Waals surface area contributed by atoms with E-state index in [0.29, 0.717) is 15.9 Å². The highest BCUT2D eigenvalue weighted by Crippen LogP contribution is 2.37. The Kier molecular flexibility index (Phi) is 6.52. The zero-order valence-electron chi connectivity index (χ0n) is 18.1. The van der Waals surface area contributed by atoms with Crippen LogP contribution in [0, 0.1) is 11.7 Å². The quantitative estimate of drug-likeness (QED) is 0.461. The number of anilines is 2. The van der Waals surface area contributed by atoms with Crippen LogP contribution in [0.25, 0.3) is 0 Å². The molecule has 36 heavy (non-hydrogen) atoms. The smallest absolute Gasteiger partial charge is 0.417 e. The number of cyclic esters (lactones) is 1. The highest BCUT2D eigenvalue weighted by Gasteiger charge is 2.45. The minimum Gasteiger partial charge on any atom is -0.481 e. The molecule has 4 rings (SSSR count). The Morgan fingerprint density at radius 1 is 1.14 bits per heavy atom. The van der Waals surface area contributed by atoms with Crippen molar-refractivity contribution in [3.63, 3.8) is 0 Å². The molecule has 1 unspecified atom stereocenters. The fourth-order valence-electron chi connectivity index (χ4n) is 3.90. The van der Waals surface area contributed by atoms with Gasteiger partial charge in [0.1, 0.15) is 12.4 Å². The highest BCUT2D eigenvalue weighted by atomic mass is 35.5. The lowest BCUT2D eigenvalue weighted by atomic mass is 10.0. The number of amides is 4. The molecule has 2 aliphatic rings. The molecule has 0 aromatic heterocycles. The van der Waals surface area contributed by atoms with Crippen molar-refractivity contribution >= 4 is 47.0 Å². The second kappa shape index (κ2) is 9.30. The molecule has 2 saturated heterocycles. The summed E-state index contributed by atoms with van der Waals surface area (Å²) >= 11 is 5.88. The van der Waals surface area contributed by atoms with Crippen LogP contribution in [-0.2, 0) is 27.0 Å². The number of halogens is 5. The number of urea groups is 1. The van der Waals surface area contributed by atoms with Crippen LogP contribution >= 0.6 is 11.6 Å². The van der Waals surface area contributed by atoms with E-state index in [-0.39, 0.29) is 24.4 Å². The van der Waals surface area contributed by atoms with Crippen LogP contribution in [0.4, 0.5) is 38.5 Å². The molecule has 2 aromatic carbocycles. The molecule has 14 heteroatoms. The van der Waals surface area contributed by atoms with Crippen LogP contribution in [-0.4, -0.2) is 53.7 Å². The van der Waals surface area contributed by atoms with Crippen LogP contribution in [0.2, 0.25) is 5.02 Å². The molecular weight excluding hydrogens is 514 g/mol. The van der Waals surface area contributed by atoms with Crippen molar-refractivity contribution in [1.82, 2.24) is 4.90 Å². The lowest BCUT2D eigenvalue weighted by molar-refractivity contribution is -0.150. The van der Waals surface area contributed by atoms with E-state index in [2.05, 4.69) is 0 Å². The van der Waals surface area contributed by atoms with E-state index < -0.39 is 71.3 Å². The first-order valence-electron chi connectivity index (χ1n) is 10.3. The molecule has 0 aliphatic carbocycles. The van der Waals surface area contributed by atoms with Crippen molar-refractivity contribution in [3.8, 4) is 0 Å². The van der Waals surface area contributed by atoms with Gasteiger partial charge in [0.05, 0.1) is 41.6 Å². The number of carbonyl (C=O) groups is 4. The first-order valence-corrected chi connectivity index (χ1v) is 10.7. The molecule has 0 bridgehead atoms. The highest BCUT2D eigenvalue weighted by molar-refractivity contribution is 6.32. The van der Waals surface area contributed by atoms with Crippen LogP contribution in [0.1, 0.15) is 11.1 Å².